The van der Waals surface area contributed by atoms with Crippen LogP contribution in [0.1, 0.15) is 0 Å². The molecule has 0 unspecified atom stereocenters. The Bertz CT molecular complexity index is 931. The highest BCUT2D eigenvalue weighted by Crippen LogP contribution is 2.35. The lowest BCUT2D eigenvalue weighted by atomic mass is 10.1. The lowest BCUT2D eigenvalue weighted by molar-refractivity contribution is 0.474. The molecule has 0 radical (unpaired) electrons. The molecule has 6 nitrogen and oxygen atoms in total. The number of rotatable bonds is 2. The van der Waals surface area contributed by atoms with E-state index in [1.54, 1.807) is 47.2 Å². The molecule has 3 heterocycles. The molecule has 0 amide bonds. The van der Waals surface area contributed by atoms with Gasteiger partial charge in [0, 0.05) is 18.0 Å². The molecule has 0 spiro atoms. The van der Waals surface area contributed by atoms with Crippen LogP contribution in [0.5, 0.6) is 11.5 Å². The number of aromatic nitrogens is 4. The number of pyridine rings is 1. The molecular formula is C17H12N4O2. The number of benzene rings is 1. The monoisotopic (exact) mass is 304 g/mol. The molecule has 0 bridgehead atoms. The predicted octanol–water partition coefficient (Wildman–Crippen LogP) is 2.87. The van der Waals surface area contributed by atoms with Gasteiger partial charge in [0.1, 0.15) is 17.2 Å². The minimum absolute atomic E-state index is 0.0418. The summed E-state index contributed by atoms with van der Waals surface area (Å²) in [6.07, 6.45) is 4.61. The van der Waals surface area contributed by atoms with Gasteiger partial charge in [0.15, 0.2) is 5.82 Å². The summed E-state index contributed by atoms with van der Waals surface area (Å²) in [5.74, 6) is 0.667. The summed E-state index contributed by atoms with van der Waals surface area (Å²) in [6, 6.07) is 12.3. The molecule has 0 aliphatic rings. The smallest absolute Gasteiger partial charge is 0.165 e. The van der Waals surface area contributed by atoms with Gasteiger partial charge in [0.05, 0.1) is 17.3 Å². The molecule has 4 rings (SSSR count). The Morgan fingerprint density at radius 1 is 0.826 bits per heavy atom. The number of phenolic OH excluding ortho intramolecular Hbond substituents is 1. The third-order valence-electron chi connectivity index (χ3n) is 3.61. The summed E-state index contributed by atoms with van der Waals surface area (Å²) >= 11 is 0. The zero-order chi connectivity index (χ0) is 15.8. The Labute approximate surface area is 131 Å². The van der Waals surface area contributed by atoms with E-state index in [2.05, 4.69) is 15.1 Å². The van der Waals surface area contributed by atoms with Crippen molar-refractivity contribution >= 4 is 5.52 Å². The molecule has 23 heavy (non-hydrogen) atoms. The summed E-state index contributed by atoms with van der Waals surface area (Å²) in [6.45, 7) is 0. The van der Waals surface area contributed by atoms with E-state index >= 15 is 0 Å². The van der Waals surface area contributed by atoms with Crippen molar-refractivity contribution in [1.82, 2.24) is 19.6 Å². The van der Waals surface area contributed by atoms with Gasteiger partial charge in [0.25, 0.3) is 0 Å². The molecule has 2 N–H and O–H groups in total. The average molecular weight is 304 g/mol. The van der Waals surface area contributed by atoms with Crippen molar-refractivity contribution < 1.29 is 10.2 Å². The summed E-state index contributed by atoms with van der Waals surface area (Å²) < 4.78 is 1.64. The van der Waals surface area contributed by atoms with Gasteiger partial charge in [-0.05, 0) is 30.3 Å². The van der Waals surface area contributed by atoms with Crippen LogP contribution in [-0.2, 0) is 0 Å². The van der Waals surface area contributed by atoms with Gasteiger partial charge >= 0.3 is 0 Å². The van der Waals surface area contributed by atoms with E-state index in [4.69, 9.17) is 0 Å². The Kier molecular flexibility index (Phi) is 2.94. The fraction of sp³-hybridized carbons (Fsp3) is 0. The third kappa shape index (κ3) is 2.08. The molecule has 4 aromatic rings. The van der Waals surface area contributed by atoms with Crippen LogP contribution in [0, 0.1) is 0 Å². The summed E-state index contributed by atoms with van der Waals surface area (Å²) in [5.41, 5.74) is 2.44. The van der Waals surface area contributed by atoms with Crippen molar-refractivity contribution in [2.45, 2.75) is 0 Å². The molecule has 0 saturated carbocycles. The fourth-order valence-electron chi connectivity index (χ4n) is 2.55. The van der Waals surface area contributed by atoms with E-state index < -0.39 is 0 Å². The molecule has 0 fully saturated rings. The van der Waals surface area contributed by atoms with Crippen LogP contribution in [0.2, 0.25) is 0 Å². The summed E-state index contributed by atoms with van der Waals surface area (Å²) in [7, 11) is 0. The SMILES string of the molecule is Oc1cnccc1-c1nc(-c2ccccc2O)n2ncccc12. The van der Waals surface area contributed by atoms with Crippen LogP contribution >= 0.6 is 0 Å². The maximum absolute atomic E-state index is 10.1. The van der Waals surface area contributed by atoms with Crippen molar-refractivity contribution in [2.24, 2.45) is 0 Å². The first kappa shape index (κ1) is 13.3. The molecule has 0 aliphatic carbocycles. The molecule has 0 aliphatic heterocycles. The first-order chi connectivity index (χ1) is 11.3. The molecule has 0 atom stereocenters. The normalized spacial score (nSPS) is 11.0. The van der Waals surface area contributed by atoms with Crippen molar-refractivity contribution in [1.29, 1.82) is 0 Å². The Hall–Kier alpha value is -3.41. The van der Waals surface area contributed by atoms with Crippen molar-refractivity contribution in [3.05, 3.63) is 61.1 Å². The van der Waals surface area contributed by atoms with Crippen LogP contribution in [0.15, 0.2) is 61.1 Å². The van der Waals surface area contributed by atoms with E-state index in [0.717, 1.165) is 5.52 Å². The number of nitrogens with zero attached hydrogens (tertiary/aromatic N) is 4. The van der Waals surface area contributed by atoms with Crippen LogP contribution in [0.3, 0.4) is 0 Å². The molecular weight excluding hydrogens is 292 g/mol. The predicted molar refractivity (Wildman–Crippen MR) is 85.0 cm³/mol. The molecule has 6 heteroatoms. The van der Waals surface area contributed by atoms with E-state index in [1.807, 2.05) is 12.1 Å². The highest BCUT2D eigenvalue weighted by atomic mass is 16.3. The number of phenols is 1. The van der Waals surface area contributed by atoms with E-state index in [0.29, 0.717) is 22.6 Å². The number of hydrogen-bond donors (Lipinski definition) is 2. The number of aromatic hydroxyl groups is 2. The minimum Gasteiger partial charge on any atom is -0.507 e. The number of imidazole rings is 1. The quantitative estimate of drug-likeness (QED) is 0.595. The molecule has 1 aromatic carbocycles. The van der Waals surface area contributed by atoms with E-state index in [1.165, 1.54) is 6.20 Å². The van der Waals surface area contributed by atoms with E-state index in [-0.39, 0.29) is 11.5 Å². The van der Waals surface area contributed by atoms with Crippen molar-refractivity contribution in [2.75, 3.05) is 0 Å². The first-order valence-corrected chi connectivity index (χ1v) is 7.01. The van der Waals surface area contributed by atoms with Crippen LogP contribution in [-0.4, -0.2) is 29.8 Å². The molecule has 112 valence electrons. The second-order valence-corrected chi connectivity index (χ2v) is 5.01. The zero-order valence-electron chi connectivity index (χ0n) is 12.0. The van der Waals surface area contributed by atoms with Gasteiger partial charge in [-0.2, -0.15) is 5.10 Å². The zero-order valence-corrected chi connectivity index (χ0v) is 12.0. The largest absolute Gasteiger partial charge is 0.507 e. The number of fused-ring (bicyclic) bond motifs is 1. The summed E-state index contributed by atoms with van der Waals surface area (Å²) in [5, 5.41) is 24.5. The van der Waals surface area contributed by atoms with Gasteiger partial charge in [-0.1, -0.05) is 12.1 Å². The van der Waals surface area contributed by atoms with Crippen molar-refractivity contribution in [3.63, 3.8) is 0 Å². The average Bonchev–Trinajstić information content (AvgIpc) is 2.95. The lowest BCUT2D eigenvalue weighted by Crippen LogP contribution is -1.93. The minimum atomic E-state index is 0.0418. The number of para-hydroxylation sites is 1. The van der Waals surface area contributed by atoms with Gasteiger partial charge in [0.2, 0.25) is 0 Å². The maximum Gasteiger partial charge on any atom is 0.165 e. The standard InChI is InChI=1S/C17H12N4O2/c22-14-6-2-1-4-12(14)17-20-16(11-7-9-18-10-15(11)23)13-5-3-8-19-21(13)17/h1-10,22-23H. The maximum atomic E-state index is 10.1. The lowest BCUT2D eigenvalue weighted by Gasteiger charge is -2.02. The van der Waals surface area contributed by atoms with Crippen LogP contribution < -0.4 is 0 Å². The Balaban J connectivity index is 2.06. The van der Waals surface area contributed by atoms with Gasteiger partial charge in [-0.25, -0.2) is 9.50 Å². The Morgan fingerprint density at radius 3 is 2.52 bits per heavy atom. The topological polar surface area (TPSA) is 83.5 Å². The van der Waals surface area contributed by atoms with Gasteiger partial charge in [-0.15, -0.1) is 0 Å². The molecule has 3 aromatic heterocycles. The third-order valence-corrected chi connectivity index (χ3v) is 3.61. The van der Waals surface area contributed by atoms with E-state index in [9.17, 15) is 10.2 Å². The molecule has 0 saturated heterocycles. The highest BCUT2D eigenvalue weighted by molar-refractivity contribution is 5.84. The second kappa shape index (κ2) is 5.10. The Morgan fingerprint density at radius 2 is 1.70 bits per heavy atom. The van der Waals surface area contributed by atoms with Crippen molar-refractivity contribution in [3.8, 4) is 34.1 Å². The number of hydrogen-bond acceptors (Lipinski definition) is 5. The van der Waals surface area contributed by atoms with Gasteiger partial charge in [-0.3, -0.25) is 4.98 Å². The first-order valence-electron chi connectivity index (χ1n) is 7.01. The second-order valence-electron chi connectivity index (χ2n) is 5.01. The van der Waals surface area contributed by atoms with Crippen LogP contribution in [0.25, 0.3) is 28.2 Å². The van der Waals surface area contributed by atoms with Crippen LogP contribution in [0.4, 0.5) is 0 Å². The fourth-order valence-corrected chi connectivity index (χ4v) is 2.55. The summed E-state index contributed by atoms with van der Waals surface area (Å²) in [4.78, 5) is 8.49. The highest BCUT2D eigenvalue weighted by Gasteiger charge is 2.18. The van der Waals surface area contributed by atoms with Gasteiger partial charge < -0.3 is 10.2 Å².